The Balaban J connectivity index is 1.11. The molecule has 4 heteroatoms. The van der Waals surface area contributed by atoms with Crippen molar-refractivity contribution in [1.82, 2.24) is 9.97 Å². The summed E-state index contributed by atoms with van der Waals surface area (Å²) >= 11 is 0. The second kappa shape index (κ2) is 16.0. The lowest BCUT2D eigenvalue weighted by Crippen LogP contribution is -2.49. The number of hydrogen-bond acceptors (Lipinski definition) is 2. The zero-order valence-electron chi connectivity index (χ0n) is 38.0. The van der Waals surface area contributed by atoms with Crippen molar-refractivity contribution in [2.75, 3.05) is 0 Å². The van der Waals surface area contributed by atoms with Crippen LogP contribution >= 0.6 is 0 Å². The monoisotopic (exact) mass is 842 g/mol. The lowest BCUT2D eigenvalue weighted by atomic mass is 9.77. The van der Waals surface area contributed by atoms with Crippen molar-refractivity contribution >= 4 is 16.6 Å². The van der Waals surface area contributed by atoms with Gasteiger partial charge in [0.1, 0.15) is 0 Å². The summed E-state index contributed by atoms with van der Waals surface area (Å²) in [5, 5.41) is 1.03. The number of aromatic nitrogens is 4. The predicted octanol–water partition coefficient (Wildman–Crippen LogP) is 14.3. The second-order valence-corrected chi connectivity index (χ2v) is 19.2. The van der Waals surface area contributed by atoms with Gasteiger partial charge in [0.25, 0.3) is 0 Å². The molecule has 9 aromatic rings. The zero-order valence-corrected chi connectivity index (χ0v) is 38.0. The summed E-state index contributed by atoms with van der Waals surface area (Å²) in [4.78, 5) is 10.5. The molecule has 11 rings (SSSR count). The standard InChI is InChI=1S/C61H54N4/c1-39-29-31-65-56(33-39)51-20-14-13-19-49(51)52-26-25-43-23-24-46(36-54(43)58-37-47(61(4,5)6)30-32-64(58)41(3)34-57(52)65)48-27-28-50(53-35-45(22-21-40(53)2)42-15-9-7-10-16-42)55-38-62-60(63-59(48)55)44-17-11-8-12-18-44/h7-24,27-33,35-38,52,57H,3,25-26,34H2,1-2,4-6H3/q+2. The fraction of sp³-hybridized carbons (Fsp3) is 0.180. The second-order valence-electron chi connectivity index (χ2n) is 19.2. The van der Waals surface area contributed by atoms with Crippen LogP contribution in [-0.2, 0) is 11.8 Å². The Morgan fingerprint density at radius 2 is 1.32 bits per heavy atom. The van der Waals surface area contributed by atoms with Crippen LogP contribution in [0.5, 0.6) is 0 Å². The molecular formula is C61H54N4+2. The number of aryl methyl sites for hydroxylation is 3. The third-order valence-electron chi connectivity index (χ3n) is 14.0. The minimum absolute atomic E-state index is 0.0401. The molecule has 0 fully saturated rings. The van der Waals surface area contributed by atoms with E-state index in [-0.39, 0.29) is 11.5 Å². The predicted molar refractivity (Wildman–Crippen MR) is 267 cm³/mol. The van der Waals surface area contributed by atoms with Crippen LogP contribution in [0, 0.1) is 13.8 Å². The molecule has 5 heterocycles. The van der Waals surface area contributed by atoms with Gasteiger partial charge in [-0.2, -0.15) is 9.13 Å². The van der Waals surface area contributed by atoms with Gasteiger partial charge < -0.3 is 0 Å². The summed E-state index contributed by atoms with van der Waals surface area (Å²) in [5.74, 6) is 1.04. The molecule has 0 bridgehead atoms. The van der Waals surface area contributed by atoms with E-state index in [9.17, 15) is 0 Å². The smallest absolute Gasteiger partial charge is 0.218 e. The Labute approximate surface area is 383 Å². The highest BCUT2D eigenvalue weighted by molar-refractivity contribution is 6.04. The molecular weight excluding hydrogens is 789 g/mol. The van der Waals surface area contributed by atoms with Crippen molar-refractivity contribution in [2.24, 2.45) is 0 Å². The summed E-state index contributed by atoms with van der Waals surface area (Å²) in [6, 6.07) is 58.1. The van der Waals surface area contributed by atoms with Crippen LogP contribution in [0.2, 0.25) is 0 Å². The van der Waals surface area contributed by atoms with Crippen molar-refractivity contribution < 1.29 is 9.13 Å². The summed E-state index contributed by atoms with van der Waals surface area (Å²) in [5.41, 5.74) is 21.5. The molecule has 2 aliphatic rings. The minimum atomic E-state index is -0.0401. The molecule has 0 radical (unpaired) electrons. The lowest BCUT2D eigenvalue weighted by molar-refractivity contribution is -0.720. The van der Waals surface area contributed by atoms with Gasteiger partial charge in [0.2, 0.25) is 11.4 Å². The van der Waals surface area contributed by atoms with E-state index in [0.717, 1.165) is 58.1 Å². The molecule has 0 saturated carbocycles. The van der Waals surface area contributed by atoms with E-state index in [0.29, 0.717) is 11.7 Å². The van der Waals surface area contributed by atoms with Gasteiger partial charge in [-0.25, -0.2) is 9.97 Å². The molecule has 65 heavy (non-hydrogen) atoms. The van der Waals surface area contributed by atoms with E-state index in [1.165, 1.54) is 67.0 Å². The summed E-state index contributed by atoms with van der Waals surface area (Å²) < 4.78 is 4.93. The summed E-state index contributed by atoms with van der Waals surface area (Å²) in [6.07, 6.45) is 9.43. The van der Waals surface area contributed by atoms with Crippen LogP contribution in [0.25, 0.3) is 83.9 Å². The van der Waals surface area contributed by atoms with Crippen molar-refractivity contribution in [3.63, 3.8) is 0 Å². The van der Waals surface area contributed by atoms with Crippen LogP contribution in [0.1, 0.15) is 73.4 Å². The maximum atomic E-state index is 5.45. The summed E-state index contributed by atoms with van der Waals surface area (Å²) in [7, 11) is 0. The normalized spacial score (nSPS) is 15.6. The fourth-order valence-electron chi connectivity index (χ4n) is 10.5. The van der Waals surface area contributed by atoms with Gasteiger partial charge in [-0.1, -0.05) is 136 Å². The van der Waals surface area contributed by atoms with Gasteiger partial charge in [-0.15, -0.1) is 0 Å². The first-order valence-electron chi connectivity index (χ1n) is 23.1. The van der Waals surface area contributed by atoms with Crippen molar-refractivity contribution in [3.8, 4) is 67.3 Å². The van der Waals surface area contributed by atoms with Gasteiger partial charge in [-0.05, 0) is 113 Å². The Kier molecular flexibility index (Phi) is 9.99. The number of rotatable bonds is 4. The first-order valence-corrected chi connectivity index (χ1v) is 23.1. The summed E-state index contributed by atoms with van der Waals surface area (Å²) in [6.45, 7) is 16.2. The number of benzene rings is 6. The largest absolute Gasteiger partial charge is 0.236 e. The number of allylic oxidation sites excluding steroid dienone is 1. The molecule has 0 amide bonds. The minimum Gasteiger partial charge on any atom is -0.236 e. The number of pyridine rings is 2. The van der Waals surface area contributed by atoms with Crippen molar-refractivity contribution in [1.29, 1.82) is 0 Å². The number of fused-ring (bicyclic) bond motifs is 10. The SMILES string of the molecule is C=C1CC2C(CCc3ccc(-c4ccc(-c5cc(-c6ccccc6)ccc5C)c5cnc(-c6ccccc6)nc45)cc3-c3cc(C(C)(C)C)cc[n+]31)c1ccccc1-c1cc(C)cc[n+]12. The molecule has 0 N–H and O–H groups in total. The van der Waals surface area contributed by atoms with E-state index >= 15 is 0 Å². The molecule has 0 aliphatic carbocycles. The van der Waals surface area contributed by atoms with E-state index in [4.69, 9.17) is 16.5 Å². The highest BCUT2D eigenvalue weighted by Gasteiger charge is 2.42. The highest BCUT2D eigenvalue weighted by atomic mass is 15.0. The van der Waals surface area contributed by atoms with Crippen LogP contribution in [-0.4, -0.2) is 9.97 Å². The van der Waals surface area contributed by atoms with Crippen molar-refractivity contribution in [3.05, 3.63) is 211 Å². The maximum absolute atomic E-state index is 5.45. The number of nitrogens with zero attached hydrogens (tertiary/aromatic N) is 4. The Morgan fingerprint density at radius 1 is 0.600 bits per heavy atom. The van der Waals surface area contributed by atoms with E-state index < -0.39 is 0 Å². The average molecular weight is 843 g/mol. The molecule has 2 aliphatic heterocycles. The molecule has 3 aromatic heterocycles. The fourth-order valence-corrected chi connectivity index (χ4v) is 10.5. The third-order valence-corrected chi connectivity index (χ3v) is 14.0. The Morgan fingerprint density at radius 3 is 2.12 bits per heavy atom. The third kappa shape index (κ3) is 7.28. The average Bonchev–Trinajstić information content (AvgIpc) is 3.33. The van der Waals surface area contributed by atoms with Crippen LogP contribution in [0.4, 0.5) is 0 Å². The van der Waals surface area contributed by atoms with Gasteiger partial charge in [0.15, 0.2) is 30.0 Å². The number of hydrogen-bond donors (Lipinski definition) is 0. The molecule has 2 atom stereocenters. The van der Waals surface area contributed by atoms with Gasteiger partial charge >= 0.3 is 0 Å². The first kappa shape index (κ1) is 40.5. The van der Waals surface area contributed by atoms with Gasteiger partial charge in [0, 0.05) is 58.5 Å². The van der Waals surface area contributed by atoms with Gasteiger partial charge in [-0.3, -0.25) is 0 Å². The Bertz CT molecular complexity index is 3320. The topological polar surface area (TPSA) is 33.5 Å². The zero-order chi connectivity index (χ0) is 44.4. The quantitative estimate of drug-likeness (QED) is 0.165. The highest BCUT2D eigenvalue weighted by Crippen LogP contribution is 2.46. The first-order chi connectivity index (χ1) is 31.6. The molecule has 6 aromatic carbocycles. The van der Waals surface area contributed by atoms with Crippen LogP contribution < -0.4 is 9.13 Å². The van der Waals surface area contributed by atoms with E-state index in [1.807, 2.05) is 12.3 Å². The lowest BCUT2D eigenvalue weighted by Gasteiger charge is -2.31. The molecule has 0 spiro atoms. The molecule has 2 unspecified atom stereocenters. The molecule has 0 saturated heterocycles. The molecule has 4 nitrogen and oxygen atoms in total. The van der Waals surface area contributed by atoms with Gasteiger partial charge in [0.05, 0.1) is 17.5 Å². The van der Waals surface area contributed by atoms with Crippen molar-refractivity contribution in [2.45, 2.75) is 71.3 Å². The molecule has 316 valence electrons. The van der Waals surface area contributed by atoms with Crippen LogP contribution in [0.15, 0.2) is 183 Å². The Hall–Kier alpha value is -7.30. The van der Waals surface area contributed by atoms with Crippen LogP contribution in [0.3, 0.4) is 0 Å². The van der Waals surface area contributed by atoms with E-state index in [1.54, 1.807) is 0 Å². The maximum Gasteiger partial charge on any atom is 0.218 e. The van der Waals surface area contributed by atoms with E-state index in [2.05, 4.69) is 208 Å².